The van der Waals surface area contributed by atoms with E-state index in [9.17, 15) is 58.5 Å². The van der Waals surface area contributed by atoms with Gasteiger partial charge in [-0.2, -0.15) is 0 Å². The molecule has 16 N–H and O–H groups in total. The fraction of sp³-hybridized carbons (Fsp3) is 0.702. The first-order valence-electron chi connectivity index (χ1n) is 29.2. The van der Waals surface area contributed by atoms with Gasteiger partial charge < -0.3 is 74.3 Å². The summed E-state index contributed by atoms with van der Waals surface area (Å²) in [6, 6.07) is -2.32. The van der Waals surface area contributed by atoms with Gasteiger partial charge in [-0.25, -0.2) is 0 Å². The maximum atomic E-state index is 14.3. The number of carboxylic acids is 1. The van der Waals surface area contributed by atoms with Crippen molar-refractivity contribution in [2.45, 2.75) is 217 Å². The van der Waals surface area contributed by atoms with E-state index in [1.807, 2.05) is 12.1 Å². The van der Waals surface area contributed by atoms with Crippen LogP contribution in [-0.4, -0.2) is 149 Å². The van der Waals surface area contributed by atoms with Crippen LogP contribution in [0, 0.1) is 5.92 Å². The second-order valence-corrected chi connectivity index (χ2v) is 20.8. The van der Waals surface area contributed by atoms with Gasteiger partial charge in [-0.3, -0.25) is 43.2 Å². The molecule has 0 aliphatic carbocycles. The van der Waals surface area contributed by atoms with E-state index in [4.69, 9.17) is 11.5 Å². The number of aliphatic hydroxyl groups excluding tert-OH is 2. The molecule has 2 rings (SSSR count). The van der Waals surface area contributed by atoms with Gasteiger partial charge in [0.05, 0.1) is 13.2 Å². The van der Waals surface area contributed by atoms with E-state index in [0.717, 1.165) is 36.6 Å². The number of aliphatic hydroxyl groups is 2. The van der Waals surface area contributed by atoms with Crippen molar-refractivity contribution >= 4 is 64.1 Å². The van der Waals surface area contributed by atoms with Crippen LogP contribution in [0.1, 0.15) is 174 Å². The number of amides is 8. The molecule has 0 aliphatic rings. The lowest BCUT2D eigenvalue weighted by atomic mass is 9.96. The molecule has 452 valence electrons. The van der Waals surface area contributed by atoms with Crippen LogP contribution < -0.4 is 54.0 Å². The molecule has 0 saturated carbocycles. The van der Waals surface area contributed by atoms with Crippen LogP contribution in [0.15, 0.2) is 30.5 Å². The molecule has 23 nitrogen and oxygen atoms in total. The molecule has 1 aromatic carbocycles. The van der Waals surface area contributed by atoms with E-state index < -0.39 is 121 Å². The van der Waals surface area contributed by atoms with Gasteiger partial charge in [0.15, 0.2) is 0 Å². The van der Waals surface area contributed by atoms with E-state index in [2.05, 4.69) is 54.4 Å². The molecular formula is C57H97N11O12. The van der Waals surface area contributed by atoms with Crippen LogP contribution in [0.5, 0.6) is 0 Å². The van der Waals surface area contributed by atoms with Gasteiger partial charge in [0.25, 0.3) is 0 Å². The molecule has 8 atom stereocenters. The average molecular weight is 1130 g/mol. The monoisotopic (exact) mass is 1130 g/mol. The van der Waals surface area contributed by atoms with Crippen molar-refractivity contribution in [2.75, 3.05) is 33.4 Å². The quantitative estimate of drug-likeness (QED) is 0.0424. The Bertz CT molecular complexity index is 2190. The smallest absolute Gasteiger partial charge is 0.303 e. The molecule has 80 heavy (non-hydrogen) atoms. The number of hydrogen-bond acceptors (Lipinski definition) is 13. The summed E-state index contributed by atoms with van der Waals surface area (Å²) in [5, 5.41) is 51.2. The number of hydrogen-bond donors (Lipinski definition) is 14. The van der Waals surface area contributed by atoms with Crippen molar-refractivity contribution in [2.24, 2.45) is 17.4 Å². The maximum absolute atomic E-state index is 14.3. The van der Waals surface area contributed by atoms with Crippen molar-refractivity contribution in [1.29, 1.82) is 0 Å². The molecule has 8 amide bonds. The average Bonchev–Trinajstić information content (AvgIpc) is 3.86. The van der Waals surface area contributed by atoms with Gasteiger partial charge in [-0.05, 0) is 82.0 Å². The SMILES string of the molecule is CCCCCCCCCCCCCCCC(=O)N[C@@H](CCC(=O)O)C(=O)N[C@H](C(=O)N[C@@H](CCCCN)C(=O)N[C@@H](CCCCN)C(=O)N[C@@H](CO)C(=O)N[C@@H](Cc1c[nH]c2ccccc12)C(=O)N[C@@H](CO)C(=O)NC)[C@@H](C)CC. The van der Waals surface area contributed by atoms with Gasteiger partial charge in [0.2, 0.25) is 47.3 Å². The third-order valence-corrected chi connectivity index (χ3v) is 14.4. The van der Waals surface area contributed by atoms with Crippen LogP contribution in [0.25, 0.3) is 10.9 Å². The van der Waals surface area contributed by atoms with Crippen molar-refractivity contribution in [1.82, 2.24) is 47.5 Å². The summed E-state index contributed by atoms with van der Waals surface area (Å²) in [6.45, 7) is 4.55. The molecule has 1 aromatic heterocycles. The number of benzene rings is 1. The zero-order valence-corrected chi connectivity index (χ0v) is 48.0. The summed E-state index contributed by atoms with van der Waals surface area (Å²) >= 11 is 0. The molecule has 0 unspecified atom stereocenters. The number of nitrogens with one attached hydrogen (secondary N) is 9. The lowest BCUT2D eigenvalue weighted by Crippen LogP contribution is -2.61. The van der Waals surface area contributed by atoms with Gasteiger partial charge >= 0.3 is 5.97 Å². The van der Waals surface area contributed by atoms with Crippen LogP contribution in [-0.2, 0) is 49.6 Å². The molecule has 0 bridgehead atoms. The predicted octanol–water partition coefficient (Wildman–Crippen LogP) is 2.48. The van der Waals surface area contributed by atoms with E-state index >= 15 is 0 Å². The third kappa shape index (κ3) is 26.9. The summed E-state index contributed by atoms with van der Waals surface area (Å²) in [6.07, 6.45) is 17.8. The highest BCUT2D eigenvalue weighted by Crippen LogP contribution is 2.20. The Kier molecular flexibility index (Phi) is 35.8. The van der Waals surface area contributed by atoms with Crippen molar-refractivity contribution < 1.29 is 58.5 Å². The lowest BCUT2D eigenvalue weighted by molar-refractivity contribution is -0.138. The molecular weight excluding hydrogens is 1030 g/mol. The van der Waals surface area contributed by atoms with Gasteiger partial charge in [-0.1, -0.05) is 122 Å². The summed E-state index contributed by atoms with van der Waals surface area (Å²) in [5.41, 5.74) is 12.9. The van der Waals surface area contributed by atoms with Crippen molar-refractivity contribution in [3.8, 4) is 0 Å². The van der Waals surface area contributed by atoms with Gasteiger partial charge in [-0.15, -0.1) is 0 Å². The number of carboxylic acid groups (broad SMARTS) is 1. The molecule has 2 aromatic rings. The summed E-state index contributed by atoms with van der Waals surface area (Å²) in [4.78, 5) is 124. The largest absolute Gasteiger partial charge is 0.481 e. The number of aliphatic carboxylic acids is 1. The molecule has 1 heterocycles. The summed E-state index contributed by atoms with van der Waals surface area (Å²) in [5.74, 6) is -7.82. The molecule has 0 radical (unpaired) electrons. The highest BCUT2D eigenvalue weighted by Gasteiger charge is 2.35. The second kappa shape index (κ2) is 40.9. The van der Waals surface area contributed by atoms with Crippen LogP contribution >= 0.6 is 0 Å². The number of nitrogens with two attached hydrogens (primary N) is 2. The highest BCUT2D eigenvalue weighted by atomic mass is 16.4. The minimum atomic E-state index is -1.66. The first-order chi connectivity index (χ1) is 38.5. The van der Waals surface area contributed by atoms with Crippen molar-refractivity contribution in [3.05, 3.63) is 36.0 Å². The van der Waals surface area contributed by atoms with E-state index in [0.29, 0.717) is 44.1 Å². The summed E-state index contributed by atoms with van der Waals surface area (Å²) in [7, 11) is 1.32. The van der Waals surface area contributed by atoms with E-state index in [1.165, 1.54) is 58.4 Å². The maximum Gasteiger partial charge on any atom is 0.303 e. The molecule has 0 fully saturated rings. The van der Waals surface area contributed by atoms with E-state index in [1.54, 1.807) is 32.2 Å². The van der Waals surface area contributed by atoms with Crippen LogP contribution in [0.2, 0.25) is 0 Å². The van der Waals surface area contributed by atoms with Crippen LogP contribution in [0.4, 0.5) is 0 Å². The number of likely N-dealkylation sites (N-methyl/N-ethyl adjacent to an activating group) is 1. The lowest BCUT2D eigenvalue weighted by Gasteiger charge is -2.29. The molecule has 0 aliphatic heterocycles. The standard InChI is InChI=1S/C57H97N11O12/c1-5-7-8-9-10-11-12-13-14-15-16-17-18-29-48(71)62-44(30-31-49(72)73)54(77)68-50(38(3)6-2)57(80)64-43(28-22-24-33-59)52(75)63-42(27-21-23-32-58)53(76)67-47(37-70)56(79)65-45(55(78)66-46(36-69)51(74)60-4)34-39-35-61-41-26-20-19-25-40(39)41/h19-20,25-26,35,38,42-47,50,61,69-70H,5-18,21-24,27-34,36-37,58-59H2,1-4H3,(H,60,74)(H,62,71)(H,63,75)(H,64,80)(H,65,79)(H,66,78)(H,67,76)(H,68,77)(H,72,73)/t38-,42-,43-,44-,45-,46-,47-,50-/m0/s1. The second-order valence-electron chi connectivity index (χ2n) is 20.8. The first kappa shape index (κ1) is 69.9. The predicted molar refractivity (Wildman–Crippen MR) is 306 cm³/mol. The Morgan fingerprint density at radius 2 is 0.963 bits per heavy atom. The number of aromatic nitrogens is 1. The molecule has 0 spiro atoms. The number of carbonyl (C=O) groups excluding carboxylic acids is 8. The van der Waals surface area contributed by atoms with E-state index in [-0.39, 0.29) is 45.2 Å². The Morgan fingerprint density at radius 1 is 0.512 bits per heavy atom. The fourth-order valence-corrected chi connectivity index (χ4v) is 9.23. The molecule has 0 saturated heterocycles. The van der Waals surface area contributed by atoms with Gasteiger partial charge in [0, 0.05) is 43.4 Å². The third-order valence-electron chi connectivity index (χ3n) is 14.4. The Labute approximate surface area is 472 Å². The topological polar surface area (TPSA) is 378 Å². The number of rotatable bonds is 45. The fourth-order valence-electron chi connectivity index (χ4n) is 9.23. The number of carbonyl (C=O) groups is 9. The number of unbranched alkanes of at least 4 members (excludes halogenated alkanes) is 14. The zero-order valence-electron chi connectivity index (χ0n) is 48.0. The zero-order chi connectivity index (χ0) is 59.2. The highest BCUT2D eigenvalue weighted by molar-refractivity contribution is 5.98. The van der Waals surface area contributed by atoms with Gasteiger partial charge in [0.1, 0.15) is 42.3 Å². The minimum Gasteiger partial charge on any atom is -0.481 e. The Morgan fingerprint density at radius 3 is 1.48 bits per heavy atom. The number of fused-ring (bicyclic) bond motifs is 1. The Hall–Kier alpha value is -6.17. The van der Waals surface area contributed by atoms with Crippen molar-refractivity contribution in [3.63, 3.8) is 0 Å². The normalized spacial score (nSPS) is 14.2. The minimum absolute atomic E-state index is 0.0139. The number of H-pyrrole nitrogens is 1. The van der Waals surface area contributed by atoms with Crippen LogP contribution in [0.3, 0.4) is 0 Å². The Balaban J connectivity index is 2.25. The molecule has 23 heteroatoms. The summed E-state index contributed by atoms with van der Waals surface area (Å²) < 4.78 is 0. The number of aromatic amines is 1. The first-order valence-corrected chi connectivity index (χ1v) is 29.2. The number of para-hydroxylation sites is 1.